The van der Waals surface area contributed by atoms with E-state index in [0.717, 1.165) is 16.7 Å². The minimum Gasteiger partial charge on any atom is -0.508 e. The minimum atomic E-state index is -0.459. The number of pyridine rings is 1. The summed E-state index contributed by atoms with van der Waals surface area (Å²) < 4.78 is 5.82. The molecule has 0 fully saturated rings. The Labute approximate surface area is 157 Å². The number of hydrogen-bond donors (Lipinski definition) is 1. The van der Waals surface area contributed by atoms with Crippen LogP contribution in [0.5, 0.6) is 11.5 Å². The summed E-state index contributed by atoms with van der Waals surface area (Å²) in [7, 11) is 0. The van der Waals surface area contributed by atoms with Gasteiger partial charge in [-0.2, -0.15) is 0 Å². The lowest BCUT2D eigenvalue weighted by molar-refractivity contribution is 0.0736. The van der Waals surface area contributed by atoms with Crippen molar-refractivity contribution in [1.82, 2.24) is 4.98 Å². The average Bonchev–Trinajstić information content (AvgIpc) is 2.62. The molecule has 4 aromatic rings. The molecule has 4 heteroatoms. The number of para-hydroxylation sites is 1. The summed E-state index contributed by atoms with van der Waals surface area (Å²) in [5.41, 5.74) is 4.69. The molecular formula is C23H19NO3. The first kappa shape index (κ1) is 17.0. The summed E-state index contributed by atoms with van der Waals surface area (Å²) in [5.74, 6) is 0.190. The van der Waals surface area contributed by atoms with E-state index in [1.54, 1.807) is 18.2 Å². The molecule has 0 aliphatic carbocycles. The normalized spacial score (nSPS) is 11.1. The third-order valence-corrected chi connectivity index (χ3v) is 4.67. The smallest absolute Gasteiger partial charge is 0.344 e. The summed E-state index contributed by atoms with van der Waals surface area (Å²) in [6.45, 7) is 5.87. The number of phenolic OH excluding ortho intramolecular Hbond substituents is 1. The van der Waals surface area contributed by atoms with Gasteiger partial charge in [-0.3, -0.25) is 0 Å². The second kappa shape index (κ2) is 6.40. The van der Waals surface area contributed by atoms with Gasteiger partial charge in [0.15, 0.2) is 0 Å². The molecular weight excluding hydrogens is 338 g/mol. The van der Waals surface area contributed by atoms with E-state index in [-0.39, 0.29) is 5.75 Å². The van der Waals surface area contributed by atoms with E-state index in [2.05, 4.69) is 4.98 Å². The molecule has 0 aliphatic rings. The fourth-order valence-corrected chi connectivity index (χ4v) is 3.57. The van der Waals surface area contributed by atoms with Crippen molar-refractivity contribution in [3.05, 3.63) is 76.9 Å². The van der Waals surface area contributed by atoms with Crippen LogP contribution in [-0.2, 0) is 0 Å². The van der Waals surface area contributed by atoms with Crippen molar-refractivity contribution in [2.45, 2.75) is 20.8 Å². The van der Waals surface area contributed by atoms with Gasteiger partial charge >= 0.3 is 5.97 Å². The second-order valence-corrected chi connectivity index (χ2v) is 6.82. The fraction of sp³-hybridized carbons (Fsp3) is 0.130. The van der Waals surface area contributed by atoms with Crippen LogP contribution < -0.4 is 4.74 Å². The van der Waals surface area contributed by atoms with Crippen LogP contribution in [0.3, 0.4) is 0 Å². The zero-order valence-corrected chi connectivity index (χ0v) is 15.4. The summed E-state index contributed by atoms with van der Waals surface area (Å²) >= 11 is 0. The molecule has 1 N–H and O–H groups in total. The largest absolute Gasteiger partial charge is 0.508 e. The Morgan fingerprint density at radius 1 is 0.889 bits per heavy atom. The zero-order chi connectivity index (χ0) is 19.1. The number of nitrogens with zero attached hydrogens (tertiary/aromatic N) is 1. The number of phenols is 1. The highest BCUT2D eigenvalue weighted by Crippen LogP contribution is 2.31. The highest BCUT2D eigenvalue weighted by Gasteiger charge is 2.20. The Morgan fingerprint density at radius 2 is 1.56 bits per heavy atom. The van der Waals surface area contributed by atoms with E-state index in [4.69, 9.17) is 4.74 Å². The molecule has 0 saturated carbocycles. The molecule has 0 atom stereocenters. The van der Waals surface area contributed by atoms with E-state index in [1.165, 1.54) is 0 Å². The van der Waals surface area contributed by atoms with Gasteiger partial charge in [0.1, 0.15) is 11.5 Å². The number of ether oxygens (including phenoxy) is 1. The quantitative estimate of drug-likeness (QED) is 0.303. The standard InChI is InChI=1S/C23H19NO3/c1-13-10-14(2)22(15(3)11-13)27-23(26)21-17-6-4-5-7-19(17)24-20-9-8-16(25)12-18(20)21/h4-12,25H,1-3H3. The van der Waals surface area contributed by atoms with Gasteiger partial charge in [-0.05, 0) is 56.2 Å². The molecule has 0 unspecified atom stereocenters. The van der Waals surface area contributed by atoms with Crippen LogP contribution in [0.1, 0.15) is 27.0 Å². The fourth-order valence-electron chi connectivity index (χ4n) is 3.57. The Balaban J connectivity index is 1.94. The number of carbonyl (C=O) groups excluding carboxylic acids is 1. The molecule has 134 valence electrons. The highest BCUT2D eigenvalue weighted by atomic mass is 16.5. The molecule has 0 saturated heterocycles. The van der Waals surface area contributed by atoms with E-state index < -0.39 is 5.97 Å². The average molecular weight is 357 g/mol. The number of aryl methyl sites for hydroxylation is 3. The first-order valence-corrected chi connectivity index (χ1v) is 8.75. The molecule has 4 rings (SSSR count). The molecule has 0 spiro atoms. The number of fused-ring (bicyclic) bond motifs is 2. The number of carbonyl (C=O) groups is 1. The number of aromatic hydroxyl groups is 1. The molecule has 4 nitrogen and oxygen atoms in total. The zero-order valence-electron chi connectivity index (χ0n) is 15.4. The van der Waals surface area contributed by atoms with E-state index >= 15 is 0 Å². The Hall–Kier alpha value is -3.40. The van der Waals surface area contributed by atoms with Crippen LogP contribution in [0, 0.1) is 20.8 Å². The predicted molar refractivity (Wildman–Crippen MR) is 107 cm³/mol. The van der Waals surface area contributed by atoms with Gasteiger partial charge in [-0.15, -0.1) is 0 Å². The van der Waals surface area contributed by atoms with Gasteiger partial charge in [0.05, 0.1) is 16.6 Å². The Bertz CT molecular complexity index is 1190. The SMILES string of the molecule is Cc1cc(C)c(OC(=O)c2c3ccccc3nc3ccc(O)cc23)c(C)c1. The van der Waals surface area contributed by atoms with Gasteiger partial charge in [-0.1, -0.05) is 35.9 Å². The molecule has 0 bridgehead atoms. The monoisotopic (exact) mass is 357 g/mol. The Kier molecular flexibility index (Phi) is 4.04. The van der Waals surface area contributed by atoms with Crippen LogP contribution in [0.2, 0.25) is 0 Å². The number of benzene rings is 3. The molecule has 0 aliphatic heterocycles. The third kappa shape index (κ3) is 2.99. The number of esters is 1. The number of hydrogen-bond acceptors (Lipinski definition) is 4. The van der Waals surface area contributed by atoms with Crippen molar-refractivity contribution in [2.24, 2.45) is 0 Å². The van der Waals surface area contributed by atoms with E-state index in [9.17, 15) is 9.90 Å². The van der Waals surface area contributed by atoms with Gasteiger partial charge < -0.3 is 9.84 Å². The predicted octanol–water partition coefficient (Wildman–Crippen LogP) is 5.24. The topological polar surface area (TPSA) is 59.4 Å². The molecule has 1 aromatic heterocycles. The summed E-state index contributed by atoms with van der Waals surface area (Å²) in [5, 5.41) is 11.2. The van der Waals surface area contributed by atoms with Crippen LogP contribution in [0.25, 0.3) is 21.8 Å². The summed E-state index contributed by atoms with van der Waals surface area (Å²) in [6.07, 6.45) is 0. The maximum absolute atomic E-state index is 13.2. The molecule has 0 amide bonds. The van der Waals surface area contributed by atoms with Crippen molar-refractivity contribution < 1.29 is 14.6 Å². The maximum atomic E-state index is 13.2. The lowest BCUT2D eigenvalue weighted by Gasteiger charge is -2.14. The molecule has 1 heterocycles. The molecule has 27 heavy (non-hydrogen) atoms. The Morgan fingerprint density at radius 3 is 2.30 bits per heavy atom. The van der Waals surface area contributed by atoms with Gasteiger partial charge in [-0.25, -0.2) is 9.78 Å². The lowest BCUT2D eigenvalue weighted by Crippen LogP contribution is -2.12. The summed E-state index contributed by atoms with van der Waals surface area (Å²) in [6, 6.07) is 16.2. The number of aromatic nitrogens is 1. The van der Waals surface area contributed by atoms with Crippen LogP contribution in [0.15, 0.2) is 54.6 Å². The van der Waals surface area contributed by atoms with E-state index in [1.807, 2.05) is 57.2 Å². The number of rotatable bonds is 2. The van der Waals surface area contributed by atoms with Crippen LogP contribution >= 0.6 is 0 Å². The lowest BCUT2D eigenvalue weighted by atomic mass is 10.0. The van der Waals surface area contributed by atoms with Gasteiger partial charge in [0.25, 0.3) is 0 Å². The first-order valence-electron chi connectivity index (χ1n) is 8.75. The second-order valence-electron chi connectivity index (χ2n) is 6.82. The van der Waals surface area contributed by atoms with Crippen molar-refractivity contribution in [3.8, 4) is 11.5 Å². The molecule has 0 radical (unpaired) electrons. The first-order chi connectivity index (χ1) is 12.9. The maximum Gasteiger partial charge on any atom is 0.344 e. The van der Waals surface area contributed by atoms with Crippen molar-refractivity contribution in [2.75, 3.05) is 0 Å². The highest BCUT2D eigenvalue weighted by molar-refractivity contribution is 6.15. The van der Waals surface area contributed by atoms with Crippen molar-refractivity contribution >= 4 is 27.8 Å². The van der Waals surface area contributed by atoms with Gasteiger partial charge in [0.2, 0.25) is 0 Å². The van der Waals surface area contributed by atoms with E-state index in [0.29, 0.717) is 33.1 Å². The molecule has 3 aromatic carbocycles. The van der Waals surface area contributed by atoms with Crippen LogP contribution in [0.4, 0.5) is 0 Å². The minimum absolute atomic E-state index is 0.0799. The van der Waals surface area contributed by atoms with Crippen LogP contribution in [-0.4, -0.2) is 16.1 Å². The van der Waals surface area contributed by atoms with Crippen molar-refractivity contribution in [1.29, 1.82) is 0 Å². The summed E-state index contributed by atoms with van der Waals surface area (Å²) in [4.78, 5) is 17.8. The van der Waals surface area contributed by atoms with Crippen molar-refractivity contribution in [3.63, 3.8) is 0 Å². The van der Waals surface area contributed by atoms with Gasteiger partial charge in [0, 0.05) is 10.8 Å². The third-order valence-electron chi connectivity index (χ3n) is 4.67.